The van der Waals surface area contributed by atoms with E-state index in [1.165, 1.54) is 0 Å². The van der Waals surface area contributed by atoms with E-state index in [1.807, 2.05) is 18.2 Å². The molecule has 30 heavy (non-hydrogen) atoms. The van der Waals surface area contributed by atoms with E-state index < -0.39 is 10.0 Å². The first-order valence-corrected chi connectivity index (χ1v) is 11.8. The molecule has 8 nitrogen and oxygen atoms in total. The highest BCUT2D eigenvalue weighted by Gasteiger charge is 2.27. The van der Waals surface area contributed by atoms with Crippen molar-refractivity contribution >= 4 is 16.0 Å². The molecule has 3 rings (SSSR count). The fraction of sp³-hybridized carbons (Fsp3) is 0.524. The molecule has 2 aromatic rings. The average Bonchev–Trinajstić information content (AvgIpc) is 3.24. The first-order valence-electron chi connectivity index (χ1n) is 10.4. The summed E-state index contributed by atoms with van der Waals surface area (Å²) >= 11 is 0. The van der Waals surface area contributed by atoms with E-state index in [0.29, 0.717) is 48.5 Å². The van der Waals surface area contributed by atoms with Crippen molar-refractivity contribution in [2.24, 2.45) is 4.99 Å². The highest BCUT2D eigenvalue weighted by atomic mass is 32.2. The van der Waals surface area contributed by atoms with E-state index in [4.69, 9.17) is 4.52 Å². The number of sulfonamides is 1. The molecule has 1 aromatic heterocycles. The summed E-state index contributed by atoms with van der Waals surface area (Å²) < 4.78 is 33.2. The minimum atomic E-state index is -3.50. The van der Waals surface area contributed by atoms with Gasteiger partial charge in [-0.3, -0.25) is 4.99 Å². The predicted octanol–water partition coefficient (Wildman–Crippen LogP) is 2.84. The Bertz CT molecular complexity index is 963. The second-order valence-corrected chi connectivity index (χ2v) is 9.63. The maximum absolute atomic E-state index is 13.1. The summed E-state index contributed by atoms with van der Waals surface area (Å²) in [7, 11) is -1.83. The maximum atomic E-state index is 13.1. The second kappa shape index (κ2) is 10.1. The molecule has 1 aromatic carbocycles. The molecule has 9 heteroatoms. The van der Waals surface area contributed by atoms with Crippen LogP contribution >= 0.6 is 0 Å². The zero-order valence-corrected chi connectivity index (χ0v) is 18.7. The van der Waals surface area contributed by atoms with Crippen LogP contribution in [0.2, 0.25) is 0 Å². The van der Waals surface area contributed by atoms with Gasteiger partial charge in [-0.1, -0.05) is 43.6 Å². The van der Waals surface area contributed by atoms with Crippen LogP contribution in [0.3, 0.4) is 0 Å². The monoisotopic (exact) mass is 433 g/mol. The maximum Gasteiger partial charge on any atom is 0.243 e. The molecule has 1 saturated heterocycles. The molecule has 0 aliphatic carbocycles. The topological polar surface area (TPSA) is 99.8 Å². The van der Waals surface area contributed by atoms with Gasteiger partial charge in [-0.2, -0.15) is 4.31 Å². The van der Waals surface area contributed by atoms with Crippen LogP contribution < -0.4 is 10.6 Å². The highest BCUT2D eigenvalue weighted by molar-refractivity contribution is 7.89. The van der Waals surface area contributed by atoms with Crippen LogP contribution in [0.15, 0.2) is 44.7 Å². The standard InChI is InChI=1S/C21H31N5O3S/c1-16(2)19-13-18(29-25-19)15-24-21(22-3)23-14-17-9-5-6-10-20(17)30(27,28)26-11-7-4-8-12-26/h5-6,9-10,13,16H,4,7-8,11-12,14-15H2,1-3H3,(H2,22,23,24). The van der Waals surface area contributed by atoms with Gasteiger partial charge in [0.1, 0.15) is 0 Å². The summed E-state index contributed by atoms with van der Waals surface area (Å²) in [5.74, 6) is 1.58. The minimum Gasteiger partial charge on any atom is -0.359 e. The number of nitrogens with zero attached hydrogens (tertiary/aromatic N) is 3. The molecular formula is C21H31N5O3S. The molecule has 0 bridgehead atoms. The predicted molar refractivity (Wildman–Crippen MR) is 117 cm³/mol. The lowest BCUT2D eigenvalue weighted by Crippen LogP contribution is -2.38. The molecule has 0 unspecified atom stereocenters. The van der Waals surface area contributed by atoms with Gasteiger partial charge >= 0.3 is 0 Å². The largest absolute Gasteiger partial charge is 0.359 e. The molecule has 1 fully saturated rings. The van der Waals surface area contributed by atoms with Gasteiger partial charge in [-0.25, -0.2) is 8.42 Å². The van der Waals surface area contributed by atoms with E-state index in [2.05, 4.69) is 34.6 Å². The molecule has 0 saturated carbocycles. The van der Waals surface area contributed by atoms with E-state index in [1.54, 1.807) is 23.5 Å². The van der Waals surface area contributed by atoms with Crippen molar-refractivity contribution in [2.45, 2.75) is 57.0 Å². The van der Waals surface area contributed by atoms with E-state index in [9.17, 15) is 8.42 Å². The van der Waals surface area contributed by atoms with Crippen molar-refractivity contribution in [1.29, 1.82) is 0 Å². The third-order valence-corrected chi connectivity index (χ3v) is 7.17. The third-order valence-electron chi connectivity index (χ3n) is 5.17. The number of aromatic nitrogens is 1. The number of hydrogen-bond acceptors (Lipinski definition) is 5. The molecule has 164 valence electrons. The van der Waals surface area contributed by atoms with Gasteiger partial charge in [0.25, 0.3) is 0 Å². The Morgan fingerprint density at radius 1 is 1.17 bits per heavy atom. The zero-order valence-electron chi connectivity index (χ0n) is 17.9. The summed E-state index contributed by atoms with van der Waals surface area (Å²) in [6, 6.07) is 9.06. The Morgan fingerprint density at radius 3 is 2.53 bits per heavy atom. The van der Waals surface area contributed by atoms with E-state index >= 15 is 0 Å². The zero-order chi connectivity index (χ0) is 21.6. The Hall–Kier alpha value is -2.39. The van der Waals surface area contributed by atoms with Gasteiger partial charge in [0, 0.05) is 32.7 Å². The number of guanidine groups is 1. The van der Waals surface area contributed by atoms with Crippen molar-refractivity contribution in [3.05, 3.63) is 47.3 Å². The molecule has 1 aliphatic heterocycles. The molecule has 2 N–H and O–H groups in total. The smallest absolute Gasteiger partial charge is 0.243 e. The number of rotatable bonds is 7. The van der Waals surface area contributed by atoms with Crippen molar-refractivity contribution in [1.82, 2.24) is 20.1 Å². The van der Waals surface area contributed by atoms with Gasteiger partial charge in [-0.05, 0) is 30.4 Å². The fourth-order valence-electron chi connectivity index (χ4n) is 3.40. The molecular weight excluding hydrogens is 402 g/mol. The van der Waals surface area contributed by atoms with Crippen LogP contribution in [0.4, 0.5) is 0 Å². The minimum absolute atomic E-state index is 0.304. The summed E-state index contributed by atoms with van der Waals surface area (Å²) in [5.41, 5.74) is 1.62. The number of aliphatic imine (C=N–C) groups is 1. The van der Waals surface area contributed by atoms with Gasteiger partial charge in [-0.15, -0.1) is 0 Å². The summed E-state index contributed by atoms with van der Waals surface area (Å²) in [4.78, 5) is 4.57. The Labute approximate surface area is 178 Å². The lowest BCUT2D eigenvalue weighted by molar-refractivity contribution is 0.346. The van der Waals surface area contributed by atoms with Crippen LogP contribution in [-0.4, -0.2) is 44.0 Å². The normalized spacial score (nSPS) is 16.1. The second-order valence-electron chi connectivity index (χ2n) is 7.72. The number of hydrogen-bond donors (Lipinski definition) is 2. The Morgan fingerprint density at radius 2 is 1.87 bits per heavy atom. The quantitative estimate of drug-likeness (QED) is 0.514. The van der Waals surface area contributed by atoms with E-state index in [-0.39, 0.29) is 0 Å². The summed E-state index contributed by atoms with van der Waals surface area (Å²) in [5, 5.41) is 10.4. The van der Waals surface area contributed by atoms with Crippen molar-refractivity contribution < 1.29 is 12.9 Å². The van der Waals surface area contributed by atoms with Crippen molar-refractivity contribution in [3.8, 4) is 0 Å². The fourth-order valence-corrected chi connectivity index (χ4v) is 5.14. The van der Waals surface area contributed by atoms with Crippen molar-refractivity contribution in [2.75, 3.05) is 20.1 Å². The first kappa shape index (κ1) is 22.3. The summed E-state index contributed by atoms with van der Waals surface area (Å²) in [6.45, 7) is 6.07. The molecule has 2 heterocycles. The molecule has 0 spiro atoms. The van der Waals surface area contributed by atoms with E-state index in [0.717, 1.165) is 30.7 Å². The van der Waals surface area contributed by atoms with Crippen LogP contribution in [0.1, 0.15) is 56.0 Å². The lowest BCUT2D eigenvalue weighted by Gasteiger charge is -2.27. The number of benzene rings is 1. The molecule has 0 radical (unpaired) electrons. The number of nitrogens with one attached hydrogen (secondary N) is 2. The Balaban J connectivity index is 1.64. The van der Waals surface area contributed by atoms with Gasteiger partial charge in [0.05, 0.1) is 17.1 Å². The average molecular weight is 434 g/mol. The molecule has 0 amide bonds. The van der Waals surface area contributed by atoms with Crippen LogP contribution in [0.25, 0.3) is 0 Å². The number of piperidine rings is 1. The van der Waals surface area contributed by atoms with Crippen LogP contribution in [0.5, 0.6) is 0 Å². The van der Waals surface area contributed by atoms with Gasteiger partial charge < -0.3 is 15.2 Å². The summed E-state index contributed by atoms with van der Waals surface area (Å²) in [6.07, 6.45) is 2.91. The molecule has 1 aliphatic rings. The van der Waals surface area contributed by atoms with Gasteiger partial charge in [0.2, 0.25) is 10.0 Å². The SMILES string of the molecule is CN=C(NCc1cc(C(C)C)no1)NCc1ccccc1S(=O)(=O)N1CCCCC1. The highest BCUT2D eigenvalue weighted by Crippen LogP contribution is 2.23. The third kappa shape index (κ3) is 5.40. The van der Waals surface area contributed by atoms with Gasteiger partial charge in [0.15, 0.2) is 11.7 Å². The lowest BCUT2D eigenvalue weighted by atomic mass is 10.1. The van der Waals surface area contributed by atoms with Crippen LogP contribution in [0, 0.1) is 0 Å². The van der Waals surface area contributed by atoms with Crippen molar-refractivity contribution in [3.63, 3.8) is 0 Å². The first-order chi connectivity index (χ1) is 14.4. The molecule has 0 atom stereocenters. The van der Waals surface area contributed by atoms with Crippen LogP contribution in [-0.2, 0) is 23.1 Å². The Kier molecular flexibility index (Phi) is 7.49.